The quantitative estimate of drug-likeness (QED) is 0.841. The number of aliphatic hydroxyl groups is 1. The molecule has 1 aliphatic heterocycles. The zero-order valence-electron chi connectivity index (χ0n) is 14.4. The van der Waals surface area contributed by atoms with E-state index in [1.807, 2.05) is 20.8 Å². The normalized spacial score (nSPS) is 19.9. The van der Waals surface area contributed by atoms with Gasteiger partial charge >= 0.3 is 6.09 Å². The van der Waals surface area contributed by atoms with E-state index < -0.39 is 18.0 Å². The SMILES string of the molecule is COC(O)c1cc(Cl)cc([C@@H]2COCCN2C(=O)OC(C)(C)C)c1. The molecule has 24 heavy (non-hydrogen) atoms. The molecule has 1 heterocycles. The van der Waals surface area contributed by atoms with Crippen LogP contribution in [0, 0.1) is 0 Å². The highest BCUT2D eigenvalue weighted by molar-refractivity contribution is 6.30. The Morgan fingerprint density at radius 1 is 1.42 bits per heavy atom. The Bertz CT molecular complexity index is 587. The summed E-state index contributed by atoms with van der Waals surface area (Å²) in [5, 5.41) is 10.3. The predicted molar refractivity (Wildman–Crippen MR) is 89.9 cm³/mol. The van der Waals surface area contributed by atoms with E-state index in [-0.39, 0.29) is 6.04 Å². The van der Waals surface area contributed by atoms with Crippen molar-refractivity contribution in [2.45, 2.75) is 38.7 Å². The maximum Gasteiger partial charge on any atom is 0.410 e. The molecular weight excluding hydrogens is 334 g/mol. The van der Waals surface area contributed by atoms with Crippen LogP contribution >= 0.6 is 11.6 Å². The van der Waals surface area contributed by atoms with Crippen molar-refractivity contribution in [2.75, 3.05) is 26.9 Å². The number of hydrogen-bond donors (Lipinski definition) is 1. The van der Waals surface area contributed by atoms with E-state index in [2.05, 4.69) is 0 Å². The first-order valence-corrected chi connectivity index (χ1v) is 8.17. The molecule has 0 bridgehead atoms. The van der Waals surface area contributed by atoms with Gasteiger partial charge in [0.05, 0.1) is 19.3 Å². The smallest absolute Gasteiger partial charge is 0.410 e. The Hall–Kier alpha value is -1.34. The lowest BCUT2D eigenvalue weighted by Crippen LogP contribution is -2.45. The molecule has 6 nitrogen and oxygen atoms in total. The van der Waals surface area contributed by atoms with Gasteiger partial charge in [-0.1, -0.05) is 11.6 Å². The second kappa shape index (κ2) is 7.70. The van der Waals surface area contributed by atoms with Gasteiger partial charge in [0, 0.05) is 24.2 Å². The molecule has 134 valence electrons. The van der Waals surface area contributed by atoms with E-state index in [1.54, 1.807) is 23.1 Å². The van der Waals surface area contributed by atoms with E-state index in [0.717, 1.165) is 5.56 Å². The Balaban J connectivity index is 2.30. The molecule has 2 rings (SSSR count). The van der Waals surface area contributed by atoms with Gasteiger partial charge in [0.1, 0.15) is 5.60 Å². The molecule has 1 fully saturated rings. The molecule has 0 spiro atoms. The van der Waals surface area contributed by atoms with Crippen molar-refractivity contribution in [1.82, 2.24) is 4.90 Å². The highest BCUT2D eigenvalue weighted by Crippen LogP contribution is 2.30. The van der Waals surface area contributed by atoms with Crippen molar-refractivity contribution in [3.05, 3.63) is 34.3 Å². The molecule has 0 aromatic heterocycles. The monoisotopic (exact) mass is 357 g/mol. The molecule has 2 atom stereocenters. The number of rotatable bonds is 3. The average molecular weight is 358 g/mol. The van der Waals surface area contributed by atoms with Crippen LogP contribution in [-0.4, -0.2) is 48.6 Å². The molecule has 1 aliphatic rings. The summed E-state index contributed by atoms with van der Waals surface area (Å²) in [4.78, 5) is 14.1. The number of nitrogens with zero attached hydrogens (tertiary/aromatic N) is 1. The number of methoxy groups -OCH3 is 1. The van der Waals surface area contributed by atoms with Crippen molar-refractivity contribution >= 4 is 17.7 Å². The molecule has 1 saturated heterocycles. The van der Waals surface area contributed by atoms with Gasteiger partial charge in [-0.2, -0.15) is 0 Å². The number of aliphatic hydroxyl groups excluding tert-OH is 1. The minimum Gasteiger partial charge on any atom is -0.444 e. The summed E-state index contributed by atoms with van der Waals surface area (Å²) >= 11 is 6.16. The molecule has 1 aromatic carbocycles. The fourth-order valence-corrected chi connectivity index (χ4v) is 2.78. The third-order valence-corrected chi connectivity index (χ3v) is 3.81. The second-order valence-electron chi connectivity index (χ2n) is 6.67. The third-order valence-electron chi connectivity index (χ3n) is 3.59. The Morgan fingerprint density at radius 3 is 2.75 bits per heavy atom. The van der Waals surface area contributed by atoms with Gasteiger partial charge in [-0.15, -0.1) is 0 Å². The topological polar surface area (TPSA) is 68.2 Å². The Labute approximate surface area is 147 Å². The maximum atomic E-state index is 12.5. The molecule has 0 saturated carbocycles. The van der Waals surface area contributed by atoms with Crippen molar-refractivity contribution in [1.29, 1.82) is 0 Å². The number of benzene rings is 1. The van der Waals surface area contributed by atoms with Crippen LogP contribution in [0.4, 0.5) is 4.79 Å². The van der Waals surface area contributed by atoms with Gasteiger partial charge in [0.15, 0.2) is 6.29 Å². The summed E-state index contributed by atoms with van der Waals surface area (Å²) in [6.45, 7) is 6.69. The molecule has 1 aromatic rings. The first kappa shape index (κ1) is 19.0. The molecule has 0 aliphatic carbocycles. The Kier molecular flexibility index (Phi) is 6.09. The first-order valence-electron chi connectivity index (χ1n) is 7.80. The molecule has 0 radical (unpaired) electrons. The molecule has 1 unspecified atom stereocenters. The number of carbonyl (C=O) groups excluding carboxylic acids is 1. The maximum absolute atomic E-state index is 12.5. The lowest BCUT2D eigenvalue weighted by molar-refractivity contribution is -0.0771. The summed E-state index contributed by atoms with van der Waals surface area (Å²) in [5.41, 5.74) is 0.708. The van der Waals surface area contributed by atoms with Gasteiger partial charge in [-0.3, -0.25) is 4.90 Å². The zero-order valence-corrected chi connectivity index (χ0v) is 15.2. The van der Waals surface area contributed by atoms with Crippen molar-refractivity contribution in [3.8, 4) is 0 Å². The summed E-state index contributed by atoms with van der Waals surface area (Å²) in [6, 6.07) is 4.80. The van der Waals surface area contributed by atoms with Crippen LogP contribution in [0.2, 0.25) is 5.02 Å². The fraction of sp³-hybridized carbons (Fsp3) is 0.588. The lowest BCUT2D eigenvalue weighted by Gasteiger charge is -2.37. The van der Waals surface area contributed by atoms with Gasteiger partial charge in [-0.05, 0) is 44.5 Å². The minimum atomic E-state index is -1.08. The lowest BCUT2D eigenvalue weighted by atomic mass is 10.0. The van der Waals surface area contributed by atoms with E-state index in [9.17, 15) is 9.90 Å². The Morgan fingerprint density at radius 2 is 2.12 bits per heavy atom. The van der Waals surface area contributed by atoms with Gasteiger partial charge in [0.25, 0.3) is 0 Å². The van der Waals surface area contributed by atoms with Crippen LogP contribution in [0.1, 0.15) is 44.2 Å². The highest BCUT2D eigenvalue weighted by Gasteiger charge is 2.32. The summed E-state index contributed by atoms with van der Waals surface area (Å²) in [6.07, 6.45) is -1.48. The molecular formula is C17H24ClNO5. The zero-order chi connectivity index (χ0) is 17.9. The van der Waals surface area contributed by atoms with Crippen LogP contribution in [0.5, 0.6) is 0 Å². The van der Waals surface area contributed by atoms with Crippen molar-refractivity contribution in [3.63, 3.8) is 0 Å². The van der Waals surface area contributed by atoms with Crippen molar-refractivity contribution < 1.29 is 24.1 Å². The second-order valence-corrected chi connectivity index (χ2v) is 7.11. The van der Waals surface area contributed by atoms with E-state index >= 15 is 0 Å². The highest BCUT2D eigenvalue weighted by atomic mass is 35.5. The van der Waals surface area contributed by atoms with Gasteiger partial charge in [0.2, 0.25) is 0 Å². The first-order chi connectivity index (χ1) is 11.2. The van der Waals surface area contributed by atoms with E-state index in [1.165, 1.54) is 7.11 Å². The van der Waals surface area contributed by atoms with Crippen LogP contribution in [0.15, 0.2) is 18.2 Å². The molecule has 1 amide bonds. The van der Waals surface area contributed by atoms with Crippen molar-refractivity contribution in [2.24, 2.45) is 0 Å². The molecule has 1 N–H and O–H groups in total. The summed E-state index contributed by atoms with van der Waals surface area (Å²) < 4.78 is 15.9. The standard InChI is InChI=1S/C17H24ClNO5/c1-17(2,3)24-16(21)19-5-6-23-10-14(19)11-7-12(15(20)22-4)9-13(18)8-11/h7-9,14-15,20H,5-6,10H2,1-4H3/t14-,15?/m0/s1. The number of amides is 1. The number of halogens is 1. The minimum absolute atomic E-state index is 0.335. The van der Waals surface area contributed by atoms with Crippen LogP contribution in [0.25, 0.3) is 0 Å². The third kappa shape index (κ3) is 4.83. The summed E-state index contributed by atoms with van der Waals surface area (Å²) in [5.74, 6) is 0. The number of ether oxygens (including phenoxy) is 3. The van der Waals surface area contributed by atoms with E-state index in [4.69, 9.17) is 25.8 Å². The van der Waals surface area contributed by atoms with Crippen LogP contribution in [-0.2, 0) is 14.2 Å². The number of morpholine rings is 1. The predicted octanol–water partition coefficient (Wildman–Crippen LogP) is 3.29. The average Bonchev–Trinajstić information content (AvgIpc) is 2.52. The van der Waals surface area contributed by atoms with Gasteiger partial charge in [-0.25, -0.2) is 4.79 Å². The number of hydrogen-bond acceptors (Lipinski definition) is 5. The van der Waals surface area contributed by atoms with Gasteiger partial charge < -0.3 is 19.3 Å². The fourth-order valence-electron chi connectivity index (χ4n) is 2.53. The largest absolute Gasteiger partial charge is 0.444 e. The number of carbonyl (C=O) groups is 1. The van der Waals surface area contributed by atoms with Crippen LogP contribution < -0.4 is 0 Å². The van der Waals surface area contributed by atoms with E-state index in [0.29, 0.717) is 30.3 Å². The summed E-state index contributed by atoms with van der Waals surface area (Å²) in [7, 11) is 1.40. The van der Waals surface area contributed by atoms with Crippen LogP contribution in [0.3, 0.4) is 0 Å². The molecule has 7 heteroatoms.